The van der Waals surface area contributed by atoms with Crippen molar-refractivity contribution in [3.8, 4) is 5.75 Å². The third-order valence-corrected chi connectivity index (χ3v) is 4.47. The first-order chi connectivity index (χ1) is 10.1. The van der Waals surface area contributed by atoms with Gasteiger partial charge in [-0.3, -0.25) is 4.79 Å². The smallest absolute Gasteiger partial charge is 0.220 e. The summed E-state index contributed by atoms with van der Waals surface area (Å²) in [6, 6.07) is 6.74. The zero-order valence-corrected chi connectivity index (χ0v) is 14.2. The number of ether oxygens (including phenoxy) is 1. The van der Waals surface area contributed by atoms with E-state index in [1.807, 2.05) is 18.2 Å². The van der Waals surface area contributed by atoms with E-state index in [-0.39, 0.29) is 5.91 Å². The van der Waals surface area contributed by atoms with Crippen LogP contribution in [0, 0.1) is 0 Å². The van der Waals surface area contributed by atoms with E-state index in [9.17, 15) is 4.79 Å². The number of methoxy groups -OCH3 is 1. The van der Waals surface area contributed by atoms with E-state index in [0.29, 0.717) is 18.5 Å². The third kappa shape index (κ3) is 5.00. The van der Waals surface area contributed by atoms with Crippen LogP contribution < -0.4 is 15.4 Å². The van der Waals surface area contributed by atoms with Crippen LogP contribution in [0.15, 0.2) is 22.7 Å². The van der Waals surface area contributed by atoms with E-state index >= 15 is 0 Å². The molecule has 0 aliphatic carbocycles. The summed E-state index contributed by atoms with van der Waals surface area (Å²) in [6.45, 7) is 3.14. The molecule has 21 heavy (non-hydrogen) atoms. The lowest BCUT2D eigenvalue weighted by Gasteiger charge is -2.28. The van der Waals surface area contributed by atoms with Gasteiger partial charge in [-0.05, 0) is 66.4 Å². The van der Waals surface area contributed by atoms with Crippen molar-refractivity contribution < 1.29 is 9.53 Å². The monoisotopic (exact) mass is 354 g/mol. The van der Waals surface area contributed by atoms with Crippen LogP contribution in [0.5, 0.6) is 5.75 Å². The van der Waals surface area contributed by atoms with Crippen LogP contribution in [0.25, 0.3) is 0 Å². The molecule has 2 unspecified atom stereocenters. The average Bonchev–Trinajstić information content (AvgIpc) is 2.45. The molecule has 1 aromatic rings. The number of carbonyl (C=O) groups is 1. The summed E-state index contributed by atoms with van der Waals surface area (Å²) < 4.78 is 6.13. The normalized spacial score (nSPS) is 21.9. The minimum absolute atomic E-state index is 0.140. The number of piperidine rings is 1. The lowest BCUT2D eigenvalue weighted by atomic mass is 10.0. The fourth-order valence-corrected chi connectivity index (χ4v) is 3.27. The van der Waals surface area contributed by atoms with Gasteiger partial charge in [0.05, 0.1) is 11.6 Å². The molecule has 2 atom stereocenters. The van der Waals surface area contributed by atoms with Crippen molar-refractivity contribution >= 4 is 21.8 Å². The molecule has 1 saturated heterocycles. The van der Waals surface area contributed by atoms with Crippen molar-refractivity contribution in [1.82, 2.24) is 10.6 Å². The van der Waals surface area contributed by atoms with Crippen molar-refractivity contribution in [2.75, 3.05) is 13.7 Å². The first kappa shape index (κ1) is 16.3. The highest BCUT2D eigenvalue weighted by Crippen LogP contribution is 2.25. The van der Waals surface area contributed by atoms with Gasteiger partial charge in [-0.2, -0.15) is 0 Å². The van der Waals surface area contributed by atoms with Crippen molar-refractivity contribution in [2.24, 2.45) is 0 Å². The lowest BCUT2D eigenvalue weighted by Crippen LogP contribution is -2.46. The molecule has 2 rings (SSSR count). The van der Waals surface area contributed by atoms with Gasteiger partial charge in [0.1, 0.15) is 5.75 Å². The summed E-state index contributed by atoms with van der Waals surface area (Å²) in [7, 11) is 1.65. The summed E-state index contributed by atoms with van der Waals surface area (Å²) >= 11 is 3.47. The van der Waals surface area contributed by atoms with Crippen molar-refractivity contribution in [3.63, 3.8) is 0 Å². The second kappa shape index (κ2) is 7.80. The topological polar surface area (TPSA) is 50.4 Å². The number of nitrogens with one attached hydrogen (secondary N) is 2. The highest BCUT2D eigenvalue weighted by molar-refractivity contribution is 9.10. The fourth-order valence-electron chi connectivity index (χ4n) is 2.69. The Morgan fingerprint density at radius 1 is 1.52 bits per heavy atom. The van der Waals surface area contributed by atoms with E-state index < -0.39 is 0 Å². The summed E-state index contributed by atoms with van der Waals surface area (Å²) in [5, 5.41) is 6.53. The van der Waals surface area contributed by atoms with Crippen LogP contribution in [-0.4, -0.2) is 31.6 Å². The molecule has 1 heterocycles. The van der Waals surface area contributed by atoms with Gasteiger partial charge in [-0.15, -0.1) is 0 Å². The molecular formula is C16H23BrN2O2. The SMILES string of the molecule is COc1ccc(CCC(=O)NC2CCNC(C)C2)cc1Br. The van der Waals surface area contributed by atoms with Gasteiger partial charge in [0.25, 0.3) is 0 Å². The molecule has 116 valence electrons. The minimum Gasteiger partial charge on any atom is -0.496 e. The average molecular weight is 355 g/mol. The Morgan fingerprint density at radius 2 is 2.33 bits per heavy atom. The molecule has 1 amide bonds. The van der Waals surface area contributed by atoms with E-state index in [1.54, 1.807) is 7.11 Å². The van der Waals surface area contributed by atoms with Crippen LogP contribution in [0.4, 0.5) is 0 Å². The molecule has 0 saturated carbocycles. The first-order valence-corrected chi connectivity index (χ1v) is 8.23. The Kier molecular flexibility index (Phi) is 6.06. The van der Waals surface area contributed by atoms with Gasteiger partial charge < -0.3 is 15.4 Å². The molecule has 1 fully saturated rings. The van der Waals surface area contributed by atoms with Gasteiger partial charge in [0.2, 0.25) is 5.91 Å². The Labute approximate surface area is 134 Å². The summed E-state index contributed by atoms with van der Waals surface area (Å²) in [6.07, 6.45) is 3.30. The summed E-state index contributed by atoms with van der Waals surface area (Å²) in [5.74, 6) is 0.952. The van der Waals surface area contributed by atoms with Gasteiger partial charge in [0.15, 0.2) is 0 Å². The number of rotatable bonds is 5. The summed E-state index contributed by atoms with van der Waals surface area (Å²) in [5.41, 5.74) is 1.14. The zero-order chi connectivity index (χ0) is 15.2. The molecule has 0 bridgehead atoms. The quantitative estimate of drug-likeness (QED) is 0.854. The van der Waals surface area contributed by atoms with Crippen LogP contribution in [0.3, 0.4) is 0 Å². The largest absolute Gasteiger partial charge is 0.496 e. The molecule has 1 aromatic carbocycles. The first-order valence-electron chi connectivity index (χ1n) is 7.43. The van der Waals surface area contributed by atoms with Gasteiger partial charge in [0, 0.05) is 18.5 Å². The second-order valence-corrected chi connectivity index (χ2v) is 6.47. The number of amides is 1. The Balaban J connectivity index is 1.79. The predicted octanol–water partition coefficient (Wildman–Crippen LogP) is 2.65. The number of benzene rings is 1. The molecule has 2 N–H and O–H groups in total. The maximum absolute atomic E-state index is 12.0. The lowest BCUT2D eigenvalue weighted by molar-refractivity contribution is -0.122. The number of hydrogen-bond donors (Lipinski definition) is 2. The molecule has 4 nitrogen and oxygen atoms in total. The van der Waals surface area contributed by atoms with E-state index in [1.165, 1.54) is 0 Å². The van der Waals surface area contributed by atoms with Crippen LogP contribution in [0.1, 0.15) is 31.7 Å². The second-order valence-electron chi connectivity index (χ2n) is 5.61. The molecule has 0 spiro atoms. The standard InChI is InChI=1S/C16H23BrN2O2/c1-11-9-13(7-8-18-11)19-16(20)6-4-12-3-5-15(21-2)14(17)10-12/h3,5,10-11,13,18H,4,6-9H2,1-2H3,(H,19,20). The molecule has 1 aliphatic rings. The number of aryl methyl sites for hydroxylation is 1. The fraction of sp³-hybridized carbons (Fsp3) is 0.562. The third-order valence-electron chi connectivity index (χ3n) is 3.85. The van der Waals surface area contributed by atoms with Crippen LogP contribution >= 0.6 is 15.9 Å². The maximum Gasteiger partial charge on any atom is 0.220 e. The molecule has 5 heteroatoms. The highest BCUT2D eigenvalue weighted by atomic mass is 79.9. The molecule has 1 aliphatic heterocycles. The molecule has 0 aromatic heterocycles. The number of hydrogen-bond acceptors (Lipinski definition) is 3. The van der Waals surface area contributed by atoms with Crippen LogP contribution in [-0.2, 0) is 11.2 Å². The summed E-state index contributed by atoms with van der Waals surface area (Å²) in [4.78, 5) is 12.0. The Hall–Kier alpha value is -1.07. The molecule has 0 radical (unpaired) electrons. The van der Waals surface area contributed by atoms with Crippen molar-refractivity contribution in [3.05, 3.63) is 28.2 Å². The van der Waals surface area contributed by atoms with Crippen LogP contribution in [0.2, 0.25) is 0 Å². The van der Waals surface area contributed by atoms with E-state index in [2.05, 4.69) is 33.5 Å². The zero-order valence-electron chi connectivity index (χ0n) is 12.6. The van der Waals surface area contributed by atoms with E-state index in [4.69, 9.17) is 4.74 Å². The molecular weight excluding hydrogens is 332 g/mol. The van der Waals surface area contributed by atoms with Gasteiger partial charge in [-0.1, -0.05) is 6.07 Å². The Bertz CT molecular complexity index is 493. The number of halogens is 1. The van der Waals surface area contributed by atoms with Crippen molar-refractivity contribution in [1.29, 1.82) is 0 Å². The Morgan fingerprint density at radius 3 is 3.00 bits per heavy atom. The van der Waals surface area contributed by atoms with Gasteiger partial charge in [-0.25, -0.2) is 0 Å². The van der Waals surface area contributed by atoms with E-state index in [0.717, 1.165) is 41.6 Å². The van der Waals surface area contributed by atoms with Gasteiger partial charge >= 0.3 is 0 Å². The highest BCUT2D eigenvalue weighted by Gasteiger charge is 2.19. The maximum atomic E-state index is 12.0. The predicted molar refractivity (Wildman–Crippen MR) is 87.6 cm³/mol. The number of carbonyl (C=O) groups excluding carboxylic acids is 1. The minimum atomic E-state index is 0.140. The van der Waals surface area contributed by atoms with Crippen molar-refractivity contribution in [2.45, 2.75) is 44.7 Å².